The SMILES string of the molecule is NCc1ccc(-n2nc(C3CCNCC3)cc2NC(=O)c2cnn3cccnc23)nc1. The van der Waals surface area contributed by atoms with Crippen LogP contribution in [0.4, 0.5) is 5.82 Å². The van der Waals surface area contributed by atoms with E-state index < -0.39 is 0 Å². The predicted molar refractivity (Wildman–Crippen MR) is 115 cm³/mol. The molecule has 158 valence electrons. The van der Waals surface area contributed by atoms with Crippen molar-refractivity contribution >= 4 is 17.4 Å². The molecule has 1 aliphatic heterocycles. The molecule has 4 aromatic heterocycles. The maximum atomic E-state index is 13.1. The van der Waals surface area contributed by atoms with Gasteiger partial charge in [0.25, 0.3) is 5.91 Å². The summed E-state index contributed by atoms with van der Waals surface area (Å²) in [5.41, 5.74) is 8.46. The maximum absolute atomic E-state index is 13.1. The number of carbonyl (C=O) groups is 1. The lowest BCUT2D eigenvalue weighted by Crippen LogP contribution is -2.26. The van der Waals surface area contributed by atoms with Gasteiger partial charge in [-0.25, -0.2) is 14.5 Å². The van der Waals surface area contributed by atoms with Gasteiger partial charge in [0.05, 0.1) is 11.9 Å². The Labute approximate surface area is 178 Å². The normalized spacial score (nSPS) is 14.7. The third kappa shape index (κ3) is 3.78. The first-order valence-corrected chi connectivity index (χ1v) is 10.3. The number of carbonyl (C=O) groups excluding carboxylic acids is 1. The summed E-state index contributed by atoms with van der Waals surface area (Å²) < 4.78 is 3.24. The van der Waals surface area contributed by atoms with Gasteiger partial charge in [-0.1, -0.05) is 6.07 Å². The molecule has 5 rings (SSSR count). The van der Waals surface area contributed by atoms with Crippen LogP contribution in [0.2, 0.25) is 0 Å². The highest BCUT2D eigenvalue weighted by Gasteiger charge is 2.23. The minimum Gasteiger partial charge on any atom is -0.326 e. The number of hydrogen-bond donors (Lipinski definition) is 3. The summed E-state index contributed by atoms with van der Waals surface area (Å²) in [5.74, 6) is 1.21. The minimum absolute atomic E-state index is 0.301. The zero-order valence-corrected chi connectivity index (χ0v) is 16.9. The standard InChI is InChI=1S/C21H23N9O/c22-11-14-2-3-18(25-12-14)30-19(10-17(28-30)15-4-7-23-8-5-15)27-21(31)16-13-26-29-9-1-6-24-20(16)29/h1-3,6,9-10,12-13,15,23H,4-5,7-8,11,22H2,(H,27,31). The highest BCUT2D eigenvalue weighted by molar-refractivity contribution is 6.07. The molecule has 0 bridgehead atoms. The molecule has 1 saturated heterocycles. The molecule has 0 radical (unpaired) electrons. The van der Waals surface area contributed by atoms with Crippen molar-refractivity contribution in [1.82, 2.24) is 34.7 Å². The summed E-state index contributed by atoms with van der Waals surface area (Å²) in [6, 6.07) is 7.47. The van der Waals surface area contributed by atoms with E-state index in [2.05, 4.69) is 25.7 Å². The van der Waals surface area contributed by atoms with Crippen LogP contribution in [0.25, 0.3) is 11.5 Å². The van der Waals surface area contributed by atoms with E-state index in [-0.39, 0.29) is 5.91 Å². The first-order chi connectivity index (χ1) is 15.2. The number of pyridine rings is 1. The van der Waals surface area contributed by atoms with Gasteiger partial charge in [-0.15, -0.1) is 0 Å². The summed E-state index contributed by atoms with van der Waals surface area (Å²) in [6.07, 6.45) is 8.63. The van der Waals surface area contributed by atoms with Gasteiger partial charge in [-0.2, -0.15) is 14.9 Å². The average Bonchev–Trinajstić information content (AvgIpc) is 3.44. The molecular weight excluding hydrogens is 394 g/mol. The molecule has 31 heavy (non-hydrogen) atoms. The van der Waals surface area contributed by atoms with Crippen LogP contribution in [0.1, 0.15) is 40.4 Å². The van der Waals surface area contributed by atoms with Crippen LogP contribution in [0, 0.1) is 0 Å². The summed E-state index contributed by atoms with van der Waals surface area (Å²) >= 11 is 0. The van der Waals surface area contributed by atoms with Gasteiger partial charge in [0.1, 0.15) is 11.4 Å². The zero-order valence-electron chi connectivity index (χ0n) is 16.9. The Balaban J connectivity index is 1.50. The second-order valence-electron chi connectivity index (χ2n) is 7.52. The van der Waals surface area contributed by atoms with Gasteiger partial charge in [0.15, 0.2) is 11.5 Å². The molecule has 0 spiro atoms. The second kappa shape index (κ2) is 8.25. The van der Waals surface area contributed by atoms with Gasteiger partial charge in [0, 0.05) is 37.1 Å². The lowest BCUT2D eigenvalue weighted by molar-refractivity contribution is 0.102. The van der Waals surface area contributed by atoms with Crippen LogP contribution >= 0.6 is 0 Å². The van der Waals surface area contributed by atoms with Crippen molar-refractivity contribution in [3.63, 3.8) is 0 Å². The molecule has 0 aromatic carbocycles. The van der Waals surface area contributed by atoms with Gasteiger partial charge >= 0.3 is 0 Å². The molecule has 0 unspecified atom stereocenters. The minimum atomic E-state index is -0.301. The molecule has 4 aromatic rings. The third-order valence-corrected chi connectivity index (χ3v) is 5.51. The summed E-state index contributed by atoms with van der Waals surface area (Å²) in [5, 5.41) is 15.4. The fraction of sp³-hybridized carbons (Fsp3) is 0.286. The number of nitrogens with one attached hydrogen (secondary N) is 2. The number of nitrogens with two attached hydrogens (primary N) is 1. The molecule has 10 nitrogen and oxygen atoms in total. The average molecular weight is 417 g/mol. The Morgan fingerprint density at radius 3 is 2.87 bits per heavy atom. The first kappa shape index (κ1) is 19.3. The van der Waals surface area contributed by atoms with Crippen LogP contribution in [0.3, 0.4) is 0 Å². The number of amides is 1. The van der Waals surface area contributed by atoms with Crippen LogP contribution in [0.15, 0.2) is 49.1 Å². The number of hydrogen-bond acceptors (Lipinski definition) is 7. The first-order valence-electron chi connectivity index (χ1n) is 10.3. The quantitative estimate of drug-likeness (QED) is 0.449. The third-order valence-electron chi connectivity index (χ3n) is 5.51. The number of nitrogens with zero attached hydrogens (tertiary/aromatic N) is 6. The Bertz CT molecular complexity index is 1210. The highest BCUT2D eigenvalue weighted by atomic mass is 16.1. The fourth-order valence-electron chi connectivity index (χ4n) is 3.81. The molecule has 1 fully saturated rings. The highest BCUT2D eigenvalue weighted by Crippen LogP contribution is 2.28. The van der Waals surface area contributed by atoms with Crippen molar-refractivity contribution in [1.29, 1.82) is 0 Å². The van der Waals surface area contributed by atoms with Crippen LogP contribution < -0.4 is 16.4 Å². The van der Waals surface area contributed by atoms with E-state index in [4.69, 9.17) is 10.8 Å². The number of piperidine rings is 1. The number of anilines is 1. The van der Waals surface area contributed by atoms with E-state index in [0.29, 0.717) is 35.3 Å². The Morgan fingerprint density at radius 2 is 2.10 bits per heavy atom. The molecule has 0 aliphatic carbocycles. The van der Waals surface area contributed by atoms with E-state index >= 15 is 0 Å². The summed E-state index contributed by atoms with van der Waals surface area (Å²) in [7, 11) is 0. The van der Waals surface area contributed by atoms with Gasteiger partial charge < -0.3 is 16.4 Å². The van der Waals surface area contributed by atoms with Crippen molar-refractivity contribution in [3.8, 4) is 5.82 Å². The molecule has 5 heterocycles. The molecule has 1 aliphatic rings. The molecule has 0 saturated carbocycles. The van der Waals surface area contributed by atoms with Gasteiger partial charge in [-0.3, -0.25) is 4.79 Å². The topological polar surface area (TPSA) is 128 Å². The molecular formula is C21H23N9O. The van der Waals surface area contributed by atoms with E-state index in [0.717, 1.165) is 37.2 Å². The van der Waals surface area contributed by atoms with E-state index in [1.165, 1.54) is 6.20 Å². The number of rotatable bonds is 5. The summed E-state index contributed by atoms with van der Waals surface area (Å²) in [6.45, 7) is 2.32. The van der Waals surface area contributed by atoms with E-state index in [1.807, 2.05) is 18.2 Å². The molecule has 10 heteroatoms. The lowest BCUT2D eigenvalue weighted by atomic mass is 9.95. The van der Waals surface area contributed by atoms with Crippen molar-refractivity contribution in [3.05, 3.63) is 65.9 Å². The fourth-order valence-corrected chi connectivity index (χ4v) is 3.81. The summed E-state index contributed by atoms with van der Waals surface area (Å²) in [4.78, 5) is 21.8. The van der Waals surface area contributed by atoms with Gasteiger partial charge in [0.2, 0.25) is 0 Å². The van der Waals surface area contributed by atoms with Crippen molar-refractivity contribution in [2.24, 2.45) is 5.73 Å². The Morgan fingerprint density at radius 1 is 1.23 bits per heavy atom. The second-order valence-corrected chi connectivity index (χ2v) is 7.52. The van der Waals surface area contributed by atoms with Crippen LogP contribution in [-0.2, 0) is 6.54 Å². The van der Waals surface area contributed by atoms with E-state index in [9.17, 15) is 4.79 Å². The van der Waals surface area contributed by atoms with Crippen molar-refractivity contribution in [2.75, 3.05) is 18.4 Å². The Hall–Kier alpha value is -3.63. The van der Waals surface area contributed by atoms with Crippen LogP contribution in [-0.4, -0.2) is 48.4 Å². The van der Waals surface area contributed by atoms with Crippen molar-refractivity contribution in [2.45, 2.75) is 25.3 Å². The lowest BCUT2D eigenvalue weighted by Gasteiger charge is -2.20. The Kier molecular flexibility index (Phi) is 5.14. The van der Waals surface area contributed by atoms with Crippen molar-refractivity contribution < 1.29 is 4.79 Å². The monoisotopic (exact) mass is 417 g/mol. The van der Waals surface area contributed by atoms with Gasteiger partial charge in [-0.05, 0) is 43.6 Å². The zero-order chi connectivity index (χ0) is 21.2. The molecule has 0 atom stereocenters. The number of aromatic nitrogens is 6. The smallest absolute Gasteiger partial charge is 0.262 e. The number of fused-ring (bicyclic) bond motifs is 1. The maximum Gasteiger partial charge on any atom is 0.262 e. The molecule has 1 amide bonds. The largest absolute Gasteiger partial charge is 0.326 e. The van der Waals surface area contributed by atoms with E-state index in [1.54, 1.807) is 33.9 Å². The molecule has 4 N–H and O–H groups in total. The van der Waals surface area contributed by atoms with Crippen LogP contribution in [0.5, 0.6) is 0 Å². The predicted octanol–water partition coefficient (Wildman–Crippen LogP) is 1.49.